The number of benzene rings is 2. The Balaban J connectivity index is 1.68. The maximum absolute atomic E-state index is 14.4. The molecule has 10 heteroatoms. The number of carbonyl (C=O) groups excluding carboxylic acids is 2. The third-order valence-corrected chi connectivity index (χ3v) is 6.97. The van der Waals surface area contributed by atoms with Crippen LogP contribution in [0.1, 0.15) is 33.3 Å². The lowest BCUT2D eigenvalue weighted by Gasteiger charge is -2.28. The molecule has 0 saturated heterocycles. The highest BCUT2D eigenvalue weighted by Crippen LogP contribution is 2.39. The minimum absolute atomic E-state index is 0.109. The van der Waals surface area contributed by atoms with Crippen LogP contribution in [0.15, 0.2) is 65.1 Å². The Kier molecular flexibility index (Phi) is 8.52. The molecular formula is C27H28FN3O5S. The van der Waals surface area contributed by atoms with Gasteiger partial charge in [0.25, 0.3) is 11.8 Å². The predicted molar refractivity (Wildman–Crippen MR) is 139 cm³/mol. The van der Waals surface area contributed by atoms with E-state index in [9.17, 15) is 14.0 Å². The van der Waals surface area contributed by atoms with Crippen molar-refractivity contribution >= 4 is 28.9 Å². The van der Waals surface area contributed by atoms with Crippen molar-refractivity contribution in [3.63, 3.8) is 0 Å². The fourth-order valence-corrected chi connectivity index (χ4v) is 4.89. The van der Waals surface area contributed by atoms with Gasteiger partial charge in [-0.15, -0.1) is 11.3 Å². The molecule has 8 nitrogen and oxygen atoms in total. The van der Waals surface area contributed by atoms with Crippen LogP contribution in [0, 0.1) is 5.82 Å². The number of carbonyl (C=O) groups is 2. The smallest absolute Gasteiger partial charge is 0.262 e. The summed E-state index contributed by atoms with van der Waals surface area (Å²) in [5.74, 6) is -0.461. The van der Waals surface area contributed by atoms with Crippen molar-refractivity contribution in [3.05, 3.63) is 81.8 Å². The highest BCUT2D eigenvalue weighted by atomic mass is 32.1. The second-order valence-corrected chi connectivity index (χ2v) is 9.24. The molecule has 0 radical (unpaired) electrons. The molecule has 0 N–H and O–H groups in total. The average molecular weight is 526 g/mol. The van der Waals surface area contributed by atoms with Gasteiger partial charge in [0.1, 0.15) is 23.9 Å². The van der Waals surface area contributed by atoms with E-state index in [1.165, 1.54) is 46.6 Å². The zero-order chi connectivity index (χ0) is 26.4. The lowest BCUT2D eigenvalue weighted by Crippen LogP contribution is -2.43. The standard InChI is InChI=1S/C27H28FN3O5S/c1-34-13-12-30(27(33)19-7-4-5-8-21(19)28)17-26(32)31-23(16-22(29-31)25-9-6-14-37-25)20-15-18(35-2)10-11-24(20)36-3/h4-11,14-15,23H,12-13,16-17H2,1-3H3/t23-/m1/s1. The van der Waals surface area contributed by atoms with Crippen LogP contribution in [0.4, 0.5) is 4.39 Å². The highest BCUT2D eigenvalue weighted by molar-refractivity contribution is 7.12. The van der Waals surface area contributed by atoms with Gasteiger partial charge in [0, 0.05) is 25.6 Å². The van der Waals surface area contributed by atoms with Crippen LogP contribution >= 0.6 is 11.3 Å². The number of halogens is 1. The first kappa shape index (κ1) is 26.3. The Labute approximate surface area is 218 Å². The van der Waals surface area contributed by atoms with E-state index in [2.05, 4.69) is 5.10 Å². The van der Waals surface area contributed by atoms with Gasteiger partial charge in [0.15, 0.2) is 0 Å². The van der Waals surface area contributed by atoms with Gasteiger partial charge < -0.3 is 19.1 Å². The number of hydrazone groups is 1. The van der Waals surface area contributed by atoms with E-state index in [0.29, 0.717) is 17.9 Å². The summed E-state index contributed by atoms with van der Waals surface area (Å²) in [6.07, 6.45) is 0.453. The summed E-state index contributed by atoms with van der Waals surface area (Å²) < 4.78 is 30.5. The van der Waals surface area contributed by atoms with Gasteiger partial charge in [-0.1, -0.05) is 18.2 Å². The summed E-state index contributed by atoms with van der Waals surface area (Å²) in [4.78, 5) is 29.1. The monoisotopic (exact) mass is 525 g/mol. The molecule has 37 heavy (non-hydrogen) atoms. The van der Waals surface area contributed by atoms with E-state index in [1.807, 2.05) is 23.6 Å². The van der Waals surface area contributed by atoms with Gasteiger partial charge in [-0.25, -0.2) is 9.40 Å². The van der Waals surface area contributed by atoms with Crippen LogP contribution in [0.25, 0.3) is 0 Å². The Morgan fingerprint density at radius 2 is 1.92 bits per heavy atom. The number of thiophene rings is 1. The normalized spacial score (nSPS) is 14.9. The van der Waals surface area contributed by atoms with E-state index in [1.54, 1.807) is 32.4 Å². The number of nitrogens with zero attached hydrogens (tertiary/aromatic N) is 3. The average Bonchev–Trinajstić information content (AvgIpc) is 3.61. The first-order chi connectivity index (χ1) is 18.0. The molecule has 0 bridgehead atoms. The molecule has 0 aliphatic carbocycles. The van der Waals surface area contributed by atoms with Gasteiger partial charge >= 0.3 is 0 Å². The van der Waals surface area contributed by atoms with Crippen LogP contribution in [-0.4, -0.2) is 68.5 Å². The number of amides is 2. The Hall–Kier alpha value is -3.76. The number of ether oxygens (including phenoxy) is 3. The van der Waals surface area contributed by atoms with Gasteiger partial charge in [-0.3, -0.25) is 9.59 Å². The molecule has 3 aromatic rings. The minimum Gasteiger partial charge on any atom is -0.497 e. The molecule has 1 aliphatic heterocycles. The Morgan fingerprint density at radius 1 is 1.11 bits per heavy atom. The molecule has 194 valence electrons. The number of hydrogen-bond acceptors (Lipinski definition) is 7. The van der Waals surface area contributed by atoms with Gasteiger partial charge in [0.2, 0.25) is 0 Å². The fourth-order valence-electron chi connectivity index (χ4n) is 4.17. The number of methoxy groups -OCH3 is 3. The molecule has 2 aromatic carbocycles. The second kappa shape index (κ2) is 12.0. The molecule has 0 spiro atoms. The molecule has 0 unspecified atom stereocenters. The maximum atomic E-state index is 14.4. The van der Waals surface area contributed by atoms with Crippen molar-refractivity contribution < 1.29 is 28.2 Å². The quantitative estimate of drug-likeness (QED) is 0.393. The van der Waals surface area contributed by atoms with Crippen molar-refractivity contribution in [2.75, 3.05) is 41.0 Å². The summed E-state index contributed by atoms with van der Waals surface area (Å²) in [6.45, 7) is -0.0112. The predicted octanol–water partition coefficient (Wildman–Crippen LogP) is 4.37. The van der Waals surface area contributed by atoms with E-state index in [4.69, 9.17) is 14.2 Å². The fraction of sp³-hybridized carbons (Fsp3) is 0.296. The summed E-state index contributed by atoms with van der Waals surface area (Å²) in [6, 6.07) is 14.5. The first-order valence-corrected chi connectivity index (χ1v) is 12.5. The molecule has 1 aliphatic rings. The van der Waals surface area contributed by atoms with Crippen molar-refractivity contribution in [1.82, 2.24) is 9.91 Å². The SMILES string of the molecule is COCCN(CC(=O)N1N=C(c2cccs2)C[C@@H]1c1cc(OC)ccc1OC)C(=O)c1ccccc1F. The van der Waals surface area contributed by atoms with Crippen LogP contribution in [0.2, 0.25) is 0 Å². The Bertz CT molecular complexity index is 1280. The number of rotatable bonds is 10. The summed E-state index contributed by atoms with van der Waals surface area (Å²) in [7, 11) is 4.63. The zero-order valence-corrected chi connectivity index (χ0v) is 21.7. The van der Waals surface area contributed by atoms with E-state index in [0.717, 1.165) is 16.2 Å². The minimum atomic E-state index is -0.652. The molecule has 2 heterocycles. The van der Waals surface area contributed by atoms with Gasteiger partial charge in [-0.2, -0.15) is 5.10 Å². The van der Waals surface area contributed by atoms with E-state index in [-0.39, 0.29) is 25.3 Å². The summed E-state index contributed by atoms with van der Waals surface area (Å²) in [5.41, 5.74) is 1.37. The summed E-state index contributed by atoms with van der Waals surface area (Å²) in [5, 5.41) is 8.01. The lowest BCUT2D eigenvalue weighted by atomic mass is 9.99. The molecule has 0 fully saturated rings. The van der Waals surface area contributed by atoms with Crippen LogP contribution in [0.3, 0.4) is 0 Å². The molecule has 1 atom stereocenters. The molecule has 4 rings (SSSR count). The largest absolute Gasteiger partial charge is 0.497 e. The number of hydrogen-bond donors (Lipinski definition) is 0. The lowest BCUT2D eigenvalue weighted by molar-refractivity contribution is -0.133. The summed E-state index contributed by atoms with van der Waals surface area (Å²) >= 11 is 1.53. The van der Waals surface area contributed by atoms with Gasteiger partial charge in [-0.05, 0) is 41.8 Å². The molecule has 0 saturated carbocycles. The van der Waals surface area contributed by atoms with Gasteiger partial charge in [0.05, 0.1) is 43.0 Å². The Morgan fingerprint density at radius 3 is 2.59 bits per heavy atom. The van der Waals surface area contributed by atoms with Crippen LogP contribution < -0.4 is 9.47 Å². The maximum Gasteiger partial charge on any atom is 0.262 e. The van der Waals surface area contributed by atoms with E-state index < -0.39 is 23.7 Å². The third kappa shape index (κ3) is 5.81. The third-order valence-electron chi connectivity index (χ3n) is 6.05. The van der Waals surface area contributed by atoms with Crippen LogP contribution in [0.5, 0.6) is 11.5 Å². The van der Waals surface area contributed by atoms with Crippen LogP contribution in [-0.2, 0) is 9.53 Å². The molecule has 2 amide bonds. The van der Waals surface area contributed by atoms with E-state index >= 15 is 0 Å². The molecular weight excluding hydrogens is 497 g/mol. The van der Waals surface area contributed by atoms with Crippen molar-refractivity contribution in [2.45, 2.75) is 12.5 Å². The second-order valence-electron chi connectivity index (χ2n) is 8.29. The van der Waals surface area contributed by atoms with Crippen molar-refractivity contribution in [3.8, 4) is 11.5 Å². The molecule has 1 aromatic heterocycles. The first-order valence-electron chi connectivity index (χ1n) is 11.6. The topological polar surface area (TPSA) is 80.7 Å². The van der Waals surface area contributed by atoms with Crippen molar-refractivity contribution in [2.24, 2.45) is 5.10 Å². The zero-order valence-electron chi connectivity index (χ0n) is 20.8. The van der Waals surface area contributed by atoms with Crippen molar-refractivity contribution in [1.29, 1.82) is 0 Å². The highest BCUT2D eigenvalue weighted by Gasteiger charge is 2.36.